The number of aromatic nitrogens is 1. The summed E-state index contributed by atoms with van der Waals surface area (Å²) in [5.41, 5.74) is 5.35. The molecule has 1 aromatic carbocycles. The zero-order valence-corrected chi connectivity index (χ0v) is 12.8. The minimum Gasteiger partial charge on any atom is -0.344 e. The minimum atomic E-state index is 0.782. The van der Waals surface area contributed by atoms with Crippen LogP contribution in [0.5, 0.6) is 0 Å². The summed E-state index contributed by atoms with van der Waals surface area (Å²) in [5, 5.41) is 4.81. The number of hydrogen-bond acceptors (Lipinski definition) is 1. The second-order valence-electron chi connectivity index (χ2n) is 5.34. The number of aryl methyl sites for hydroxylation is 2. The molecule has 1 heterocycles. The molecule has 0 spiro atoms. The third kappa shape index (κ3) is 2.89. The van der Waals surface area contributed by atoms with Crippen molar-refractivity contribution < 1.29 is 0 Å². The van der Waals surface area contributed by atoms with Crippen molar-refractivity contribution in [1.29, 1.82) is 0 Å². The van der Waals surface area contributed by atoms with Crippen LogP contribution in [0.2, 0.25) is 0 Å². The first-order chi connectivity index (χ1) is 9.69. The van der Waals surface area contributed by atoms with Gasteiger partial charge in [0, 0.05) is 36.1 Å². The van der Waals surface area contributed by atoms with Gasteiger partial charge < -0.3 is 9.88 Å². The van der Waals surface area contributed by atoms with Gasteiger partial charge in [0.2, 0.25) is 0 Å². The number of hydrogen-bond donors (Lipinski definition) is 1. The van der Waals surface area contributed by atoms with Crippen LogP contribution < -0.4 is 5.32 Å². The molecule has 0 bridgehead atoms. The molecule has 0 aliphatic heterocycles. The third-order valence-electron chi connectivity index (χ3n) is 3.94. The van der Waals surface area contributed by atoms with Crippen LogP contribution in [0.4, 0.5) is 0 Å². The Labute approximate surface area is 122 Å². The van der Waals surface area contributed by atoms with Gasteiger partial charge in [-0.1, -0.05) is 13.0 Å². The molecule has 106 valence electrons. The van der Waals surface area contributed by atoms with Gasteiger partial charge in [-0.05, 0) is 50.1 Å². The van der Waals surface area contributed by atoms with E-state index in [9.17, 15) is 0 Å². The summed E-state index contributed by atoms with van der Waals surface area (Å²) in [6.07, 6.45) is 7.35. The molecule has 2 heteroatoms. The second kappa shape index (κ2) is 6.63. The Bertz CT molecular complexity index is 629. The molecule has 0 fully saturated rings. The van der Waals surface area contributed by atoms with Crippen molar-refractivity contribution >= 4 is 10.9 Å². The molecule has 0 aliphatic carbocycles. The van der Waals surface area contributed by atoms with Crippen molar-refractivity contribution in [3.05, 3.63) is 35.0 Å². The molecule has 2 aromatic rings. The highest BCUT2D eigenvalue weighted by Gasteiger charge is 2.10. The quantitative estimate of drug-likeness (QED) is 0.623. The van der Waals surface area contributed by atoms with Crippen molar-refractivity contribution in [2.24, 2.45) is 0 Å². The van der Waals surface area contributed by atoms with Crippen molar-refractivity contribution in [1.82, 2.24) is 9.88 Å². The van der Waals surface area contributed by atoms with Gasteiger partial charge in [-0.25, -0.2) is 0 Å². The van der Waals surface area contributed by atoms with Crippen LogP contribution in [-0.2, 0) is 13.1 Å². The molecule has 20 heavy (non-hydrogen) atoms. The lowest BCUT2D eigenvalue weighted by Gasteiger charge is -2.07. The van der Waals surface area contributed by atoms with E-state index < -0.39 is 0 Å². The lowest BCUT2D eigenvalue weighted by atomic mass is 10.1. The second-order valence-corrected chi connectivity index (χ2v) is 5.34. The van der Waals surface area contributed by atoms with Crippen LogP contribution in [0, 0.1) is 26.2 Å². The zero-order chi connectivity index (χ0) is 14.5. The largest absolute Gasteiger partial charge is 0.344 e. The summed E-state index contributed by atoms with van der Waals surface area (Å²) in [7, 11) is 0. The Morgan fingerprint density at radius 2 is 2.10 bits per heavy atom. The van der Waals surface area contributed by atoms with E-state index in [-0.39, 0.29) is 0 Å². The van der Waals surface area contributed by atoms with Crippen molar-refractivity contribution in [3.8, 4) is 12.3 Å². The average Bonchev–Trinajstić information content (AvgIpc) is 2.69. The van der Waals surface area contributed by atoms with Crippen molar-refractivity contribution in [2.45, 2.75) is 46.7 Å². The van der Waals surface area contributed by atoms with Gasteiger partial charge in [-0.15, -0.1) is 12.3 Å². The maximum Gasteiger partial charge on any atom is 0.0485 e. The van der Waals surface area contributed by atoms with Crippen LogP contribution in [0.15, 0.2) is 18.2 Å². The minimum absolute atomic E-state index is 0.782. The van der Waals surface area contributed by atoms with E-state index in [0.29, 0.717) is 0 Å². The number of rotatable bonds is 6. The van der Waals surface area contributed by atoms with Gasteiger partial charge in [-0.3, -0.25) is 0 Å². The molecule has 2 nitrogen and oxygen atoms in total. The van der Waals surface area contributed by atoms with Crippen LogP contribution >= 0.6 is 0 Å². The number of fused-ring (bicyclic) bond motifs is 1. The number of benzene rings is 1. The average molecular weight is 268 g/mol. The maximum atomic E-state index is 5.40. The third-order valence-corrected chi connectivity index (χ3v) is 3.94. The summed E-state index contributed by atoms with van der Waals surface area (Å²) >= 11 is 0. The number of nitrogens with one attached hydrogen (secondary N) is 1. The molecule has 0 atom stereocenters. The molecular weight excluding hydrogens is 244 g/mol. The predicted octanol–water partition coefficient (Wildman–Crippen LogP) is 3.78. The summed E-state index contributed by atoms with van der Waals surface area (Å²) in [6.45, 7) is 9.49. The first-order valence-corrected chi connectivity index (χ1v) is 7.41. The molecule has 0 amide bonds. The number of nitrogens with zero attached hydrogens (tertiary/aromatic N) is 1. The lowest BCUT2D eigenvalue weighted by molar-refractivity contribution is 0.676. The van der Waals surface area contributed by atoms with Crippen molar-refractivity contribution in [2.75, 3.05) is 6.54 Å². The highest BCUT2D eigenvalue weighted by atomic mass is 15.0. The SMILES string of the molecule is C#CCCn1c(C)c(C)c2cc(CNCCC)ccc21. The highest BCUT2D eigenvalue weighted by Crippen LogP contribution is 2.26. The van der Waals surface area contributed by atoms with E-state index in [1.807, 2.05) is 0 Å². The predicted molar refractivity (Wildman–Crippen MR) is 86.9 cm³/mol. The molecular formula is C18H24N2. The Hall–Kier alpha value is -1.72. The van der Waals surface area contributed by atoms with Gasteiger partial charge >= 0.3 is 0 Å². The maximum absolute atomic E-state index is 5.40. The van der Waals surface area contributed by atoms with Gasteiger partial charge in [0.1, 0.15) is 0 Å². The van der Waals surface area contributed by atoms with Crippen LogP contribution in [0.3, 0.4) is 0 Å². The van der Waals surface area contributed by atoms with E-state index >= 15 is 0 Å². The summed E-state index contributed by atoms with van der Waals surface area (Å²) < 4.78 is 2.34. The first-order valence-electron chi connectivity index (χ1n) is 7.41. The van der Waals surface area contributed by atoms with Gasteiger partial charge in [-0.2, -0.15) is 0 Å². The van der Waals surface area contributed by atoms with Crippen LogP contribution in [-0.4, -0.2) is 11.1 Å². The zero-order valence-electron chi connectivity index (χ0n) is 12.8. The Kier molecular flexibility index (Phi) is 4.87. The monoisotopic (exact) mass is 268 g/mol. The molecule has 0 saturated heterocycles. The Morgan fingerprint density at radius 3 is 2.80 bits per heavy atom. The summed E-state index contributed by atoms with van der Waals surface area (Å²) in [6, 6.07) is 6.76. The molecule has 0 unspecified atom stereocenters. The topological polar surface area (TPSA) is 17.0 Å². The Morgan fingerprint density at radius 1 is 1.30 bits per heavy atom. The van der Waals surface area contributed by atoms with Gasteiger partial charge in [0.15, 0.2) is 0 Å². The van der Waals surface area contributed by atoms with E-state index in [0.717, 1.165) is 26.1 Å². The normalized spacial score (nSPS) is 10.9. The fraction of sp³-hybridized carbons (Fsp3) is 0.444. The fourth-order valence-electron chi connectivity index (χ4n) is 2.68. The molecule has 2 rings (SSSR count). The van der Waals surface area contributed by atoms with E-state index in [1.54, 1.807) is 0 Å². The van der Waals surface area contributed by atoms with Gasteiger partial charge in [0.05, 0.1) is 0 Å². The van der Waals surface area contributed by atoms with Crippen LogP contribution in [0.1, 0.15) is 36.6 Å². The summed E-state index contributed by atoms with van der Waals surface area (Å²) in [5.74, 6) is 2.73. The molecule has 0 aliphatic rings. The van der Waals surface area contributed by atoms with Crippen LogP contribution in [0.25, 0.3) is 10.9 Å². The smallest absolute Gasteiger partial charge is 0.0485 e. The standard InChI is InChI=1S/C18H24N2/c1-5-7-11-20-15(4)14(3)17-12-16(8-9-18(17)20)13-19-10-6-2/h1,8-9,12,19H,6-7,10-11,13H2,2-4H3. The van der Waals surface area contributed by atoms with Crippen molar-refractivity contribution in [3.63, 3.8) is 0 Å². The van der Waals surface area contributed by atoms with E-state index in [1.165, 1.54) is 34.1 Å². The molecule has 1 N–H and O–H groups in total. The summed E-state index contributed by atoms with van der Waals surface area (Å²) in [4.78, 5) is 0. The number of terminal acetylenes is 1. The molecule has 1 aromatic heterocycles. The molecule has 0 radical (unpaired) electrons. The van der Waals surface area contributed by atoms with Gasteiger partial charge in [0.25, 0.3) is 0 Å². The molecule has 0 saturated carbocycles. The lowest BCUT2D eigenvalue weighted by Crippen LogP contribution is -2.13. The highest BCUT2D eigenvalue weighted by molar-refractivity contribution is 5.86. The Balaban J connectivity index is 2.33. The fourth-order valence-corrected chi connectivity index (χ4v) is 2.68. The van der Waals surface area contributed by atoms with E-state index in [2.05, 4.69) is 54.8 Å². The van der Waals surface area contributed by atoms with E-state index in [4.69, 9.17) is 6.42 Å². The first kappa shape index (κ1) is 14.7.